The Hall–Kier alpha value is -2.93. The summed E-state index contributed by atoms with van der Waals surface area (Å²) in [5, 5.41) is 187. The minimum absolute atomic E-state index is 0.0480. The van der Waals surface area contributed by atoms with Crippen LogP contribution in [-0.2, 0) is 76.0 Å². The lowest BCUT2D eigenvalue weighted by molar-refractivity contribution is -0.382. The number of ether oxygens (including phenoxy) is 13. The Kier molecular flexibility index (Phi) is 22.4. The van der Waals surface area contributed by atoms with Crippen LogP contribution < -0.4 is 0 Å². The van der Waals surface area contributed by atoms with E-state index in [0.717, 1.165) is 12.5 Å². The highest BCUT2D eigenvalue weighted by molar-refractivity contribution is 5.80. The van der Waals surface area contributed by atoms with Crippen molar-refractivity contribution in [2.24, 2.45) is 50.2 Å². The van der Waals surface area contributed by atoms with Crippen LogP contribution in [0.15, 0.2) is 11.6 Å². The highest BCUT2D eigenvalue weighted by Gasteiger charge is 2.73. The quantitative estimate of drug-likeness (QED) is 0.0371. The molecule has 4 saturated carbocycles. The monoisotopic (exact) mass is 1420 g/mol. The highest BCUT2D eigenvalue weighted by Crippen LogP contribution is 2.76. The van der Waals surface area contributed by atoms with Gasteiger partial charge in [0.2, 0.25) is 6.29 Å². The van der Waals surface area contributed by atoms with E-state index >= 15 is 4.79 Å². The summed E-state index contributed by atoms with van der Waals surface area (Å²) in [6, 6.07) is 0. The Bertz CT molecular complexity index is 2890. The minimum atomic E-state index is -2.11. The van der Waals surface area contributed by atoms with Gasteiger partial charge in [-0.1, -0.05) is 53.2 Å². The smallest absolute Gasteiger partial charge is 0.335 e. The first-order valence-electron chi connectivity index (χ1n) is 34.5. The van der Waals surface area contributed by atoms with Crippen molar-refractivity contribution in [3.05, 3.63) is 11.6 Å². The lowest BCUT2D eigenvalue weighted by Gasteiger charge is -2.72. The van der Waals surface area contributed by atoms with Crippen LogP contribution in [0.3, 0.4) is 0 Å². The second-order valence-electron chi connectivity index (χ2n) is 31.5. The first-order valence-corrected chi connectivity index (χ1v) is 34.5. The zero-order valence-corrected chi connectivity index (χ0v) is 57.0. The number of carbonyl (C=O) groups is 3. The highest BCUT2D eigenvalue weighted by atomic mass is 16.8. The molecule has 0 aromatic carbocycles. The lowest BCUT2D eigenvalue weighted by Crippen LogP contribution is -2.69. The molecule has 33 heteroatoms. The summed E-state index contributed by atoms with van der Waals surface area (Å²) in [7, 11) is 0. The molecule has 0 spiro atoms. The van der Waals surface area contributed by atoms with Gasteiger partial charge >= 0.3 is 17.9 Å². The van der Waals surface area contributed by atoms with Crippen molar-refractivity contribution in [2.45, 2.75) is 304 Å². The SMILES string of the molecule is CC(=O)O[C@@H]1[C@H](O[C@@H]2O[C@H](CO)[C@@H](O)[C@@H]2O)[C@@H](O[C@@H]2O[C@@H](C)[C@H](O[C@@H]3OC[C@@H](O)[C@H](O)[C@H]3O)[C@@H](O)[C@H]2O)[C@H](OC(=O)[C@]23CCC(C)(C)C[C@H]2C2=CC[C@@H]4[C@@]5(C)CC[C@H](O[C@@H]6O[C@H](C(=O)O)[C@@H](O)[C@H](O)[C@H]6O[C@@H]6O[C@H](CO)[C@H](O)[C@H](O)[C@H]6O)[C@@](C)(CO)[C@@H]5CC[C@@]4(C)[C@]2(C)C[C@H]3O)O[C@@H]1C. The molecule has 33 nitrogen and oxygen atoms in total. The van der Waals surface area contributed by atoms with Crippen LogP contribution in [0.5, 0.6) is 0 Å². The van der Waals surface area contributed by atoms with E-state index in [1.807, 2.05) is 6.92 Å². The largest absolute Gasteiger partial charge is 0.479 e. The molecule has 11 rings (SSSR count). The molecule has 0 aromatic rings. The van der Waals surface area contributed by atoms with Crippen LogP contribution in [0.2, 0.25) is 0 Å². The molecule has 38 atom stereocenters. The summed E-state index contributed by atoms with van der Waals surface area (Å²) < 4.78 is 79.0. The number of rotatable bonds is 17. The molecule has 0 amide bonds. The van der Waals surface area contributed by atoms with Gasteiger partial charge < -0.3 is 148 Å². The van der Waals surface area contributed by atoms with Gasteiger partial charge in [-0.3, -0.25) is 9.59 Å². The Labute approximate surface area is 571 Å². The fourth-order valence-corrected chi connectivity index (χ4v) is 19.3. The summed E-state index contributed by atoms with van der Waals surface area (Å²) in [5.74, 6) is -4.62. The van der Waals surface area contributed by atoms with Crippen molar-refractivity contribution < 1.29 is 163 Å². The second kappa shape index (κ2) is 28.7. The fraction of sp³-hybridized carbons (Fsp3) is 0.924. The Morgan fingerprint density at radius 1 is 0.525 bits per heavy atom. The molecule has 0 bridgehead atoms. The third kappa shape index (κ3) is 13.2. The molecule has 566 valence electrons. The van der Waals surface area contributed by atoms with Crippen LogP contribution in [0, 0.1) is 50.2 Å². The van der Waals surface area contributed by atoms with Crippen molar-refractivity contribution in [2.75, 3.05) is 26.4 Å². The van der Waals surface area contributed by atoms with Gasteiger partial charge in [0.05, 0.1) is 50.8 Å². The number of fused-ring (bicyclic) bond motifs is 7. The van der Waals surface area contributed by atoms with E-state index in [4.69, 9.17) is 61.6 Å². The molecular formula is C66H104O33. The Morgan fingerprint density at radius 2 is 1.08 bits per heavy atom. The van der Waals surface area contributed by atoms with E-state index < -0.39 is 267 Å². The third-order valence-corrected chi connectivity index (χ3v) is 25.2. The molecule has 6 saturated heterocycles. The number of carbonyl (C=O) groups excluding carboxylic acids is 2. The van der Waals surface area contributed by atoms with Gasteiger partial charge in [-0.15, -0.1) is 0 Å². The zero-order chi connectivity index (χ0) is 72.5. The van der Waals surface area contributed by atoms with Crippen molar-refractivity contribution >= 4 is 17.9 Å². The third-order valence-electron chi connectivity index (χ3n) is 25.2. The number of hydrogen-bond acceptors (Lipinski definition) is 32. The molecular weight excluding hydrogens is 1320 g/mol. The molecule has 10 fully saturated rings. The van der Waals surface area contributed by atoms with Gasteiger partial charge in [-0.05, 0) is 111 Å². The molecule has 0 unspecified atom stereocenters. The van der Waals surface area contributed by atoms with Crippen LogP contribution in [0.25, 0.3) is 0 Å². The molecule has 5 aliphatic carbocycles. The normalized spacial score (nSPS) is 53.6. The molecule has 11 aliphatic rings. The summed E-state index contributed by atoms with van der Waals surface area (Å²) in [5.41, 5.74) is -4.36. The van der Waals surface area contributed by atoms with Gasteiger partial charge in [0.15, 0.2) is 49.8 Å². The maximum Gasteiger partial charge on any atom is 0.335 e. The van der Waals surface area contributed by atoms with Crippen molar-refractivity contribution in [3.8, 4) is 0 Å². The standard InChI is InChI=1S/C66H104O33/c1-24-47(94-54-43(80)36(73)29(71)22-87-54)42(79)46(83)55(88-24)98-52-51(97-56-44(81)38(75)31(21-68)92-56)48(90-26(3)70)25(2)89-59(52)99-60(86)66-17-16-61(4,5)18-28(66)27-10-11-33-62(6)14-13-35(63(7,23-69)32(62)12-15-64(33,8)65(27,9)19-34(66)72)93-58-50(41(78)40(77)49(95-58)53(84)85)96-57-45(82)39(76)37(74)30(20-67)91-57/h10,24-25,28-52,54-59,67-69,71-83H,11-23H2,1-9H3,(H,84,85)/t24-,25+,28-,29+,30+,31+,32+,33+,34+,35-,36-,37-,38+,39-,40-,41-,42-,43+,44-,45+,46+,47-,48-,49-,50+,51-,52+,54-,55-,56-,57-,58+,59-,62-,63-,64+,65+,66+/m0/s1. The Morgan fingerprint density at radius 3 is 1.71 bits per heavy atom. The number of carboxylic acid groups (broad SMARTS) is 1. The number of aliphatic carboxylic acids is 1. The summed E-state index contributed by atoms with van der Waals surface area (Å²) >= 11 is 0. The van der Waals surface area contributed by atoms with Crippen LogP contribution >= 0.6 is 0 Å². The number of esters is 2. The Balaban J connectivity index is 0.889. The summed E-state index contributed by atoms with van der Waals surface area (Å²) in [6.45, 7) is 13.9. The van der Waals surface area contributed by atoms with Gasteiger partial charge in [0.1, 0.15) is 109 Å². The van der Waals surface area contributed by atoms with Gasteiger partial charge in [0.25, 0.3) is 0 Å². The maximum absolute atomic E-state index is 16.1. The number of hydrogen-bond donors (Lipinski definition) is 17. The van der Waals surface area contributed by atoms with E-state index in [1.165, 1.54) is 13.8 Å². The van der Waals surface area contributed by atoms with E-state index in [-0.39, 0.29) is 31.1 Å². The van der Waals surface area contributed by atoms with Crippen molar-refractivity contribution in [1.29, 1.82) is 0 Å². The molecule has 0 aromatic heterocycles. The molecule has 6 heterocycles. The fourth-order valence-electron chi connectivity index (χ4n) is 19.3. The van der Waals surface area contributed by atoms with Gasteiger partial charge in [-0.2, -0.15) is 0 Å². The van der Waals surface area contributed by atoms with Crippen LogP contribution in [0.4, 0.5) is 0 Å². The first kappa shape index (κ1) is 77.2. The number of carboxylic acids is 1. The summed E-state index contributed by atoms with van der Waals surface area (Å²) in [6.07, 6.45) is -46.1. The average Bonchev–Trinajstić information content (AvgIpc) is 0.918. The van der Waals surface area contributed by atoms with E-state index in [0.29, 0.717) is 38.5 Å². The number of aliphatic hydroxyl groups is 16. The average molecular weight is 1430 g/mol. The first-order chi connectivity index (χ1) is 46.4. The second-order valence-corrected chi connectivity index (χ2v) is 31.5. The molecule has 17 N–H and O–H groups in total. The van der Waals surface area contributed by atoms with Gasteiger partial charge in [-0.25, -0.2) is 4.79 Å². The zero-order valence-electron chi connectivity index (χ0n) is 57.0. The predicted octanol–water partition coefficient (Wildman–Crippen LogP) is -4.45. The van der Waals surface area contributed by atoms with Crippen LogP contribution in [0.1, 0.15) is 120 Å². The van der Waals surface area contributed by atoms with Crippen LogP contribution in [-0.4, -0.2) is 315 Å². The van der Waals surface area contributed by atoms with Crippen molar-refractivity contribution in [3.63, 3.8) is 0 Å². The van der Waals surface area contributed by atoms with E-state index in [2.05, 4.69) is 40.7 Å². The number of aliphatic hydroxyl groups excluding tert-OH is 16. The minimum Gasteiger partial charge on any atom is -0.479 e. The molecule has 99 heavy (non-hydrogen) atoms. The molecule has 0 radical (unpaired) electrons. The lowest BCUT2D eigenvalue weighted by atomic mass is 9.33. The van der Waals surface area contributed by atoms with E-state index in [1.54, 1.807) is 0 Å². The molecule has 6 aliphatic heterocycles. The van der Waals surface area contributed by atoms with Crippen molar-refractivity contribution in [1.82, 2.24) is 0 Å². The topological polar surface area (TPSA) is 515 Å². The maximum atomic E-state index is 16.1. The van der Waals surface area contributed by atoms with Gasteiger partial charge in [0, 0.05) is 12.3 Å². The predicted molar refractivity (Wildman–Crippen MR) is 326 cm³/mol. The van der Waals surface area contributed by atoms with E-state index in [9.17, 15) is 96.4 Å². The summed E-state index contributed by atoms with van der Waals surface area (Å²) in [4.78, 5) is 41.6. The number of allylic oxidation sites excluding steroid dienone is 2.